The minimum absolute atomic E-state index is 0.589. The molecule has 2 rings (SSSR count). The number of rotatable bonds is 7. The Balaban J connectivity index is 2.33. The van der Waals surface area contributed by atoms with E-state index in [0.717, 1.165) is 33.4 Å². The second-order valence-corrected chi connectivity index (χ2v) is 5.65. The maximum absolute atomic E-state index is 11.2. The molecule has 0 saturated carbocycles. The quantitative estimate of drug-likeness (QED) is 0.491. The van der Waals surface area contributed by atoms with Gasteiger partial charge in [-0.25, -0.2) is 0 Å². The van der Waals surface area contributed by atoms with Crippen LogP contribution in [0.2, 0.25) is 0 Å². The highest BCUT2D eigenvalue weighted by molar-refractivity contribution is 9.10. The van der Waals surface area contributed by atoms with E-state index >= 15 is 0 Å². The predicted octanol–water partition coefficient (Wildman–Crippen LogP) is 5.23. The molecule has 0 saturated heterocycles. The molecule has 3 nitrogen and oxygen atoms in total. The Morgan fingerprint density at radius 1 is 0.870 bits per heavy atom. The summed E-state index contributed by atoms with van der Waals surface area (Å²) < 4.78 is 12.0. The van der Waals surface area contributed by atoms with Crippen LogP contribution < -0.4 is 9.47 Å². The highest BCUT2D eigenvalue weighted by Crippen LogP contribution is 2.26. The van der Waals surface area contributed by atoms with E-state index in [0.29, 0.717) is 18.8 Å². The van der Waals surface area contributed by atoms with Gasteiger partial charge in [0.15, 0.2) is 6.29 Å². The fraction of sp³-hybridized carbons (Fsp3) is 0.211. The summed E-state index contributed by atoms with van der Waals surface area (Å²) in [6.45, 7) is 5.09. The lowest BCUT2D eigenvalue weighted by molar-refractivity contribution is 0.112. The second-order valence-electron chi connectivity index (χ2n) is 4.79. The molecule has 0 atom stereocenters. The molecular formula is C19H19BrO3. The van der Waals surface area contributed by atoms with Crippen LogP contribution in [-0.4, -0.2) is 19.5 Å². The van der Waals surface area contributed by atoms with Gasteiger partial charge in [-0.05, 0) is 61.4 Å². The molecule has 2 aromatic rings. The van der Waals surface area contributed by atoms with Crippen molar-refractivity contribution in [2.24, 2.45) is 0 Å². The fourth-order valence-electron chi connectivity index (χ4n) is 2.15. The molecule has 0 aromatic heterocycles. The maximum Gasteiger partial charge on any atom is 0.150 e. The predicted molar refractivity (Wildman–Crippen MR) is 97.2 cm³/mol. The number of hydrogen-bond donors (Lipinski definition) is 0. The van der Waals surface area contributed by atoms with Crippen LogP contribution in [0.15, 0.2) is 40.9 Å². The van der Waals surface area contributed by atoms with Crippen LogP contribution in [-0.2, 0) is 0 Å². The van der Waals surface area contributed by atoms with Gasteiger partial charge in [-0.1, -0.05) is 28.1 Å². The monoisotopic (exact) mass is 374 g/mol. The number of benzene rings is 2. The Labute approximate surface area is 145 Å². The van der Waals surface area contributed by atoms with Crippen LogP contribution in [0.4, 0.5) is 0 Å². The van der Waals surface area contributed by atoms with Gasteiger partial charge in [0.1, 0.15) is 11.5 Å². The van der Waals surface area contributed by atoms with E-state index in [-0.39, 0.29) is 0 Å². The largest absolute Gasteiger partial charge is 0.494 e. The molecule has 23 heavy (non-hydrogen) atoms. The summed E-state index contributed by atoms with van der Waals surface area (Å²) in [7, 11) is 0. The van der Waals surface area contributed by atoms with E-state index in [1.165, 1.54) is 0 Å². The third-order valence-electron chi connectivity index (χ3n) is 3.22. The van der Waals surface area contributed by atoms with Crippen molar-refractivity contribution < 1.29 is 14.3 Å². The Hall–Kier alpha value is -2.07. The van der Waals surface area contributed by atoms with Crippen molar-refractivity contribution in [1.82, 2.24) is 0 Å². The minimum atomic E-state index is 0.589. The van der Waals surface area contributed by atoms with Gasteiger partial charge in [-0.2, -0.15) is 0 Å². The number of ether oxygens (including phenoxy) is 2. The van der Waals surface area contributed by atoms with Gasteiger partial charge in [-0.15, -0.1) is 0 Å². The number of carbonyl (C=O) groups excluding carboxylic acids is 1. The van der Waals surface area contributed by atoms with Gasteiger partial charge in [0, 0.05) is 10.0 Å². The molecule has 4 heteroatoms. The fourth-order valence-corrected chi connectivity index (χ4v) is 2.53. The second kappa shape index (κ2) is 8.53. The first kappa shape index (κ1) is 17.3. The first-order valence-electron chi connectivity index (χ1n) is 7.50. The standard InChI is InChI=1S/C19H19BrO3/c1-3-22-17-8-7-16(13-21)14(11-17)5-6-15-12-18(23-4-2)9-10-19(15)20/h5-13H,3-4H2,1-2H3/b6-5+. The van der Waals surface area contributed by atoms with Gasteiger partial charge >= 0.3 is 0 Å². The van der Waals surface area contributed by atoms with E-state index in [4.69, 9.17) is 9.47 Å². The first-order chi connectivity index (χ1) is 11.2. The smallest absolute Gasteiger partial charge is 0.150 e. The third-order valence-corrected chi connectivity index (χ3v) is 3.94. The van der Waals surface area contributed by atoms with Crippen molar-refractivity contribution >= 4 is 34.4 Å². The Morgan fingerprint density at radius 2 is 1.43 bits per heavy atom. The molecule has 0 aliphatic carbocycles. The summed E-state index contributed by atoms with van der Waals surface area (Å²) in [4.78, 5) is 11.2. The Morgan fingerprint density at radius 3 is 2.04 bits per heavy atom. The minimum Gasteiger partial charge on any atom is -0.494 e. The molecule has 0 aliphatic heterocycles. The van der Waals surface area contributed by atoms with E-state index in [2.05, 4.69) is 15.9 Å². The number of hydrogen-bond acceptors (Lipinski definition) is 3. The molecule has 0 bridgehead atoms. The summed E-state index contributed by atoms with van der Waals surface area (Å²) in [6, 6.07) is 11.3. The van der Waals surface area contributed by atoms with Crippen molar-refractivity contribution in [2.75, 3.05) is 13.2 Å². The summed E-state index contributed by atoms with van der Waals surface area (Å²) in [5.41, 5.74) is 2.43. The summed E-state index contributed by atoms with van der Waals surface area (Å²) >= 11 is 3.53. The average molecular weight is 375 g/mol. The number of carbonyl (C=O) groups is 1. The average Bonchev–Trinajstić information content (AvgIpc) is 2.56. The molecule has 0 radical (unpaired) electrons. The van der Waals surface area contributed by atoms with Gasteiger partial charge < -0.3 is 9.47 Å². The SMILES string of the molecule is CCOc1ccc(Br)c(/C=C/c2cc(OCC)ccc2C=O)c1. The third kappa shape index (κ3) is 4.70. The summed E-state index contributed by atoms with van der Waals surface area (Å²) in [6.07, 6.45) is 4.70. The van der Waals surface area contributed by atoms with Gasteiger partial charge in [0.25, 0.3) is 0 Å². The Kier molecular flexibility index (Phi) is 6.41. The molecule has 0 spiro atoms. The van der Waals surface area contributed by atoms with Crippen molar-refractivity contribution in [3.05, 3.63) is 57.6 Å². The lowest BCUT2D eigenvalue weighted by Crippen LogP contribution is -1.94. The molecule has 2 aromatic carbocycles. The van der Waals surface area contributed by atoms with E-state index in [9.17, 15) is 4.79 Å². The molecule has 0 N–H and O–H groups in total. The van der Waals surface area contributed by atoms with Crippen LogP contribution in [0.1, 0.15) is 35.3 Å². The van der Waals surface area contributed by atoms with Crippen molar-refractivity contribution in [1.29, 1.82) is 0 Å². The summed E-state index contributed by atoms with van der Waals surface area (Å²) in [5, 5.41) is 0. The molecule has 0 heterocycles. The van der Waals surface area contributed by atoms with E-state index in [1.807, 2.05) is 50.3 Å². The zero-order valence-electron chi connectivity index (χ0n) is 13.2. The zero-order valence-corrected chi connectivity index (χ0v) is 14.8. The number of halogens is 1. The van der Waals surface area contributed by atoms with Crippen LogP contribution in [0.3, 0.4) is 0 Å². The molecule has 0 unspecified atom stereocenters. The lowest BCUT2D eigenvalue weighted by atomic mass is 10.1. The topological polar surface area (TPSA) is 35.5 Å². The molecule has 0 amide bonds. The van der Waals surface area contributed by atoms with Crippen LogP contribution in [0, 0.1) is 0 Å². The lowest BCUT2D eigenvalue weighted by Gasteiger charge is -2.07. The summed E-state index contributed by atoms with van der Waals surface area (Å²) in [5.74, 6) is 1.56. The number of aldehydes is 1. The van der Waals surface area contributed by atoms with Crippen LogP contribution >= 0.6 is 15.9 Å². The maximum atomic E-state index is 11.2. The molecule has 0 aliphatic rings. The highest BCUT2D eigenvalue weighted by Gasteiger charge is 2.03. The van der Waals surface area contributed by atoms with Crippen molar-refractivity contribution in [3.8, 4) is 11.5 Å². The van der Waals surface area contributed by atoms with Gasteiger partial charge in [0.2, 0.25) is 0 Å². The van der Waals surface area contributed by atoms with E-state index in [1.54, 1.807) is 12.1 Å². The van der Waals surface area contributed by atoms with E-state index < -0.39 is 0 Å². The first-order valence-corrected chi connectivity index (χ1v) is 8.29. The van der Waals surface area contributed by atoms with Crippen molar-refractivity contribution in [3.63, 3.8) is 0 Å². The normalized spacial score (nSPS) is 10.7. The van der Waals surface area contributed by atoms with Crippen molar-refractivity contribution in [2.45, 2.75) is 13.8 Å². The molecular weight excluding hydrogens is 356 g/mol. The highest BCUT2D eigenvalue weighted by atomic mass is 79.9. The molecule has 120 valence electrons. The Bertz CT molecular complexity index is 708. The van der Waals surface area contributed by atoms with Crippen LogP contribution in [0.25, 0.3) is 12.2 Å². The zero-order chi connectivity index (χ0) is 16.7. The van der Waals surface area contributed by atoms with Gasteiger partial charge in [-0.3, -0.25) is 4.79 Å². The van der Waals surface area contributed by atoms with Gasteiger partial charge in [0.05, 0.1) is 13.2 Å². The van der Waals surface area contributed by atoms with Crippen LogP contribution in [0.5, 0.6) is 11.5 Å². The molecule has 0 fully saturated rings.